The average Bonchev–Trinajstić information content (AvgIpc) is 2.89. The van der Waals surface area contributed by atoms with Crippen LogP contribution in [0.5, 0.6) is 0 Å². The van der Waals surface area contributed by atoms with Crippen molar-refractivity contribution in [3.05, 3.63) is 66.0 Å². The molecule has 0 aliphatic carbocycles. The first-order valence-corrected chi connectivity index (χ1v) is 6.85. The summed E-state index contributed by atoms with van der Waals surface area (Å²) in [6.07, 6.45) is 3.32. The first-order chi connectivity index (χ1) is 10.6. The molecule has 0 aliphatic heterocycles. The second-order valence-corrected chi connectivity index (χ2v) is 4.90. The molecule has 3 rings (SSSR count). The van der Waals surface area contributed by atoms with E-state index in [1.165, 1.54) is 6.20 Å². The minimum absolute atomic E-state index is 0.282. The molecule has 22 heavy (non-hydrogen) atoms. The zero-order valence-corrected chi connectivity index (χ0v) is 12.3. The number of hydrogen-bond acceptors (Lipinski definition) is 4. The molecule has 0 radical (unpaired) electrons. The number of aromatic nitrogens is 4. The molecule has 0 bridgehead atoms. The highest BCUT2D eigenvalue weighted by molar-refractivity contribution is 6.02. The number of anilines is 1. The molecule has 0 atom stereocenters. The predicted octanol–water partition coefficient (Wildman–Crippen LogP) is 2.53. The molecule has 0 unspecified atom stereocenters. The standard InChI is InChI=1S/C16H15N5O/c1-11-12(2)21(10-17-11)14-7-5-13(6-8-14)19-16(22)15-4-3-9-18-20-15/h3-10H,1-2H3,(H,19,22). The molecule has 2 aromatic heterocycles. The number of aryl methyl sites for hydroxylation is 1. The number of carbonyl (C=O) groups excluding carboxylic acids is 1. The van der Waals surface area contributed by atoms with Gasteiger partial charge < -0.3 is 9.88 Å². The Balaban J connectivity index is 1.77. The van der Waals surface area contributed by atoms with Crippen molar-refractivity contribution in [3.63, 3.8) is 0 Å². The molecule has 1 amide bonds. The van der Waals surface area contributed by atoms with Crippen LogP contribution < -0.4 is 5.32 Å². The minimum Gasteiger partial charge on any atom is -0.321 e. The van der Waals surface area contributed by atoms with Crippen molar-refractivity contribution in [2.45, 2.75) is 13.8 Å². The van der Waals surface area contributed by atoms with Crippen LogP contribution in [0.15, 0.2) is 48.9 Å². The first kappa shape index (κ1) is 13.9. The van der Waals surface area contributed by atoms with Gasteiger partial charge >= 0.3 is 0 Å². The van der Waals surface area contributed by atoms with Gasteiger partial charge in [0.2, 0.25) is 0 Å². The second-order valence-electron chi connectivity index (χ2n) is 4.90. The average molecular weight is 293 g/mol. The van der Waals surface area contributed by atoms with Crippen LogP contribution in [0.25, 0.3) is 5.69 Å². The fourth-order valence-electron chi connectivity index (χ4n) is 2.08. The van der Waals surface area contributed by atoms with Gasteiger partial charge in [0.1, 0.15) is 0 Å². The predicted molar refractivity (Wildman–Crippen MR) is 83.0 cm³/mol. The van der Waals surface area contributed by atoms with E-state index < -0.39 is 0 Å². The van der Waals surface area contributed by atoms with Gasteiger partial charge in [-0.25, -0.2) is 4.98 Å². The van der Waals surface area contributed by atoms with Crippen LogP contribution in [0.2, 0.25) is 0 Å². The van der Waals surface area contributed by atoms with E-state index >= 15 is 0 Å². The van der Waals surface area contributed by atoms with Gasteiger partial charge in [0.25, 0.3) is 5.91 Å². The lowest BCUT2D eigenvalue weighted by molar-refractivity contribution is 0.102. The Bertz CT molecular complexity index is 793. The number of nitrogens with one attached hydrogen (secondary N) is 1. The summed E-state index contributed by atoms with van der Waals surface area (Å²) in [5.74, 6) is -0.282. The molecule has 3 aromatic rings. The zero-order valence-electron chi connectivity index (χ0n) is 12.3. The van der Waals surface area contributed by atoms with Crippen molar-refractivity contribution in [2.24, 2.45) is 0 Å². The van der Waals surface area contributed by atoms with Gasteiger partial charge in [-0.1, -0.05) is 0 Å². The number of benzene rings is 1. The van der Waals surface area contributed by atoms with Gasteiger partial charge in [0, 0.05) is 23.3 Å². The van der Waals surface area contributed by atoms with Crippen molar-refractivity contribution in [1.29, 1.82) is 0 Å². The molecule has 0 aliphatic rings. The van der Waals surface area contributed by atoms with Gasteiger partial charge in [-0.3, -0.25) is 4.79 Å². The highest BCUT2D eigenvalue weighted by Crippen LogP contribution is 2.17. The minimum atomic E-state index is -0.282. The summed E-state index contributed by atoms with van der Waals surface area (Å²) in [5.41, 5.74) is 4.08. The van der Waals surface area contributed by atoms with Crippen LogP contribution in [0, 0.1) is 13.8 Å². The van der Waals surface area contributed by atoms with E-state index in [4.69, 9.17) is 0 Å². The molecule has 2 heterocycles. The number of carbonyl (C=O) groups is 1. The Morgan fingerprint density at radius 1 is 1.14 bits per heavy atom. The number of rotatable bonds is 3. The summed E-state index contributed by atoms with van der Waals surface area (Å²) in [6.45, 7) is 3.99. The van der Waals surface area contributed by atoms with Gasteiger partial charge in [0.05, 0.1) is 12.0 Å². The smallest absolute Gasteiger partial charge is 0.276 e. The largest absolute Gasteiger partial charge is 0.321 e. The molecule has 1 N–H and O–H groups in total. The monoisotopic (exact) mass is 293 g/mol. The second kappa shape index (κ2) is 5.77. The molecular formula is C16H15N5O. The highest BCUT2D eigenvalue weighted by Gasteiger charge is 2.08. The molecule has 0 saturated heterocycles. The maximum Gasteiger partial charge on any atom is 0.276 e. The molecule has 6 nitrogen and oxygen atoms in total. The van der Waals surface area contributed by atoms with Crippen LogP contribution in [0.4, 0.5) is 5.69 Å². The van der Waals surface area contributed by atoms with E-state index in [-0.39, 0.29) is 11.6 Å². The number of hydrogen-bond donors (Lipinski definition) is 1. The van der Waals surface area contributed by atoms with E-state index in [2.05, 4.69) is 20.5 Å². The molecule has 1 aromatic carbocycles. The maximum atomic E-state index is 12.0. The maximum absolute atomic E-state index is 12.0. The van der Waals surface area contributed by atoms with Gasteiger partial charge in [0.15, 0.2) is 5.69 Å². The van der Waals surface area contributed by atoms with Crippen molar-refractivity contribution in [3.8, 4) is 5.69 Å². The summed E-state index contributed by atoms with van der Waals surface area (Å²) in [6, 6.07) is 10.8. The molecule has 0 fully saturated rings. The molecule has 0 spiro atoms. The zero-order chi connectivity index (χ0) is 15.5. The third-order valence-corrected chi connectivity index (χ3v) is 3.46. The van der Waals surface area contributed by atoms with Crippen LogP contribution in [-0.4, -0.2) is 25.7 Å². The Kier molecular flexibility index (Phi) is 3.65. The fourth-order valence-corrected chi connectivity index (χ4v) is 2.08. The number of imidazole rings is 1. The van der Waals surface area contributed by atoms with Crippen molar-refractivity contribution in [2.75, 3.05) is 5.32 Å². The van der Waals surface area contributed by atoms with Crippen LogP contribution in [-0.2, 0) is 0 Å². The SMILES string of the molecule is Cc1ncn(-c2ccc(NC(=O)c3cccnn3)cc2)c1C. The highest BCUT2D eigenvalue weighted by atomic mass is 16.1. The topological polar surface area (TPSA) is 72.7 Å². The van der Waals surface area contributed by atoms with Gasteiger partial charge in [-0.2, -0.15) is 5.10 Å². The van der Waals surface area contributed by atoms with Crippen LogP contribution >= 0.6 is 0 Å². The van der Waals surface area contributed by atoms with Crippen molar-refractivity contribution < 1.29 is 4.79 Å². The first-order valence-electron chi connectivity index (χ1n) is 6.85. The van der Waals surface area contributed by atoms with E-state index in [0.717, 1.165) is 17.1 Å². The van der Waals surface area contributed by atoms with E-state index in [9.17, 15) is 4.79 Å². The Labute approximate surface area is 127 Å². The summed E-state index contributed by atoms with van der Waals surface area (Å²) in [5, 5.41) is 10.3. The quantitative estimate of drug-likeness (QED) is 0.805. The van der Waals surface area contributed by atoms with Gasteiger partial charge in [-0.05, 0) is 50.2 Å². The molecule has 0 saturated carbocycles. The third-order valence-electron chi connectivity index (χ3n) is 3.46. The van der Waals surface area contributed by atoms with Crippen LogP contribution in [0.1, 0.15) is 21.9 Å². The summed E-state index contributed by atoms with van der Waals surface area (Å²) < 4.78 is 2.00. The van der Waals surface area contributed by atoms with Crippen molar-refractivity contribution >= 4 is 11.6 Å². The Hall–Kier alpha value is -3.02. The third kappa shape index (κ3) is 2.71. The van der Waals surface area contributed by atoms with E-state index in [0.29, 0.717) is 5.69 Å². The lowest BCUT2D eigenvalue weighted by Crippen LogP contribution is -2.14. The molecule has 6 heteroatoms. The molecular weight excluding hydrogens is 278 g/mol. The lowest BCUT2D eigenvalue weighted by Gasteiger charge is -2.08. The lowest BCUT2D eigenvalue weighted by atomic mass is 10.2. The normalized spacial score (nSPS) is 10.5. The summed E-state index contributed by atoms with van der Waals surface area (Å²) in [4.78, 5) is 16.3. The Morgan fingerprint density at radius 2 is 1.91 bits per heavy atom. The van der Waals surface area contributed by atoms with Crippen molar-refractivity contribution in [1.82, 2.24) is 19.7 Å². The number of nitrogens with zero attached hydrogens (tertiary/aromatic N) is 4. The van der Waals surface area contributed by atoms with Gasteiger partial charge in [-0.15, -0.1) is 5.10 Å². The molecule has 110 valence electrons. The van der Waals surface area contributed by atoms with Crippen LogP contribution in [0.3, 0.4) is 0 Å². The Morgan fingerprint density at radius 3 is 2.50 bits per heavy atom. The fraction of sp³-hybridized carbons (Fsp3) is 0.125. The number of amides is 1. The summed E-state index contributed by atoms with van der Waals surface area (Å²) in [7, 11) is 0. The van der Waals surface area contributed by atoms with E-state index in [1.54, 1.807) is 18.5 Å². The summed E-state index contributed by atoms with van der Waals surface area (Å²) >= 11 is 0. The van der Waals surface area contributed by atoms with E-state index in [1.807, 2.05) is 42.7 Å².